The second-order valence-corrected chi connectivity index (χ2v) is 3.93. The van der Waals surface area contributed by atoms with Crippen LogP contribution in [-0.2, 0) is 0 Å². The first-order valence-electron chi connectivity index (χ1n) is 5.30. The third kappa shape index (κ3) is 1.98. The molecule has 2 aromatic rings. The van der Waals surface area contributed by atoms with Gasteiger partial charge in [-0.25, -0.2) is 0 Å². The standard InChI is InChI=1S/C13H13ClO3/c1-3-17-11-7-9(14)8-5-4-6-10(16-2)12(8)13(11)15/h4-7,15H,3H2,1-2H3. The summed E-state index contributed by atoms with van der Waals surface area (Å²) in [6, 6.07) is 7.04. The number of methoxy groups -OCH3 is 1. The first-order chi connectivity index (χ1) is 8.19. The van der Waals surface area contributed by atoms with E-state index in [4.69, 9.17) is 21.1 Å². The van der Waals surface area contributed by atoms with Crippen LogP contribution in [-0.4, -0.2) is 18.8 Å². The Morgan fingerprint density at radius 3 is 2.71 bits per heavy atom. The number of phenols is 1. The zero-order valence-electron chi connectivity index (χ0n) is 9.66. The van der Waals surface area contributed by atoms with Crippen molar-refractivity contribution < 1.29 is 14.6 Å². The van der Waals surface area contributed by atoms with Crippen molar-refractivity contribution in [3.05, 3.63) is 29.3 Å². The van der Waals surface area contributed by atoms with Gasteiger partial charge >= 0.3 is 0 Å². The van der Waals surface area contributed by atoms with Crippen molar-refractivity contribution in [1.29, 1.82) is 0 Å². The number of hydrogen-bond acceptors (Lipinski definition) is 3. The van der Waals surface area contributed by atoms with Crippen molar-refractivity contribution in [3.8, 4) is 17.2 Å². The van der Waals surface area contributed by atoms with Gasteiger partial charge in [-0.1, -0.05) is 23.7 Å². The third-order valence-electron chi connectivity index (χ3n) is 2.53. The number of rotatable bonds is 3. The summed E-state index contributed by atoms with van der Waals surface area (Å²) in [5.41, 5.74) is 0. The maximum atomic E-state index is 10.2. The molecule has 17 heavy (non-hydrogen) atoms. The van der Waals surface area contributed by atoms with E-state index < -0.39 is 0 Å². The number of fused-ring (bicyclic) bond motifs is 1. The molecule has 0 fully saturated rings. The summed E-state index contributed by atoms with van der Waals surface area (Å²) in [5.74, 6) is 1.00. The predicted molar refractivity (Wildman–Crippen MR) is 68.3 cm³/mol. The highest BCUT2D eigenvalue weighted by atomic mass is 35.5. The summed E-state index contributed by atoms with van der Waals surface area (Å²) >= 11 is 6.15. The second kappa shape index (κ2) is 4.72. The maximum absolute atomic E-state index is 10.2. The number of aromatic hydroxyl groups is 1. The van der Waals surface area contributed by atoms with Gasteiger partial charge in [-0.3, -0.25) is 0 Å². The Balaban J connectivity index is 2.80. The van der Waals surface area contributed by atoms with E-state index in [1.165, 1.54) is 0 Å². The lowest BCUT2D eigenvalue weighted by Gasteiger charge is -2.12. The third-order valence-corrected chi connectivity index (χ3v) is 2.84. The molecule has 0 aliphatic carbocycles. The van der Waals surface area contributed by atoms with Gasteiger partial charge in [0.15, 0.2) is 11.5 Å². The van der Waals surface area contributed by atoms with Gasteiger partial charge in [-0.05, 0) is 13.0 Å². The van der Waals surface area contributed by atoms with Crippen molar-refractivity contribution in [2.75, 3.05) is 13.7 Å². The molecule has 2 rings (SSSR count). The van der Waals surface area contributed by atoms with Gasteiger partial charge < -0.3 is 14.6 Å². The molecule has 0 amide bonds. The summed E-state index contributed by atoms with van der Waals surface area (Å²) in [6.45, 7) is 2.31. The van der Waals surface area contributed by atoms with E-state index in [1.54, 1.807) is 19.2 Å². The second-order valence-electron chi connectivity index (χ2n) is 3.52. The molecular formula is C13H13ClO3. The number of hydrogen-bond donors (Lipinski definition) is 1. The van der Waals surface area contributed by atoms with Gasteiger partial charge in [0.05, 0.1) is 24.1 Å². The Labute approximate surface area is 105 Å². The highest BCUT2D eigenvalue weighted by Gasteiger charge is 2.14. The summed E-state index contributed by atoms with van der Waals surface area (Å²) < 4.78 is 10.6. The Hall–Kier alpha value is -1.61. The molecule has 90 valence electrons. The number of ether oxygens (including phenoxy) is 2. The molecule has 0 heterocycles. The van der Waals surface area contributed by atoms with Gasteiger partial charge in [0.25, 0.3) is 0 Å². The van der Waals surface area contributed by atoms with E-state index in [0.29, 0.717) is 28.5 Å². The van der Waals surface area contributed by atoms with Crippen molar-refractivity contribution in [2.24, 2.45) is 0 Å². The quantitative estimate of drug-likeness (QED) is 0.907. The molecule has 0 saturated carbocycles. The summed E-state index contributed by atoms with van der Waals surface area (Å²) in [7, 11) is 1.55. The van der Waals surface area contributed by atoms with Crippen LogP contribution in [0, 0.1) is 0 Å². The fourth-order valence-corrected chi connectivity index (χ4v) is 2.05. The molecule has 0 bridgehead atoms. The summed E-state index contributed by atoms with van der Waals surface area (Å²) in [4.78, 5) is 0. The van der Waals surface area contributed by atoms with Crippen molar-refractivity contribution in [1.82, 2.24) is 0 Å². The van der Waals surface area contributed by atoms with Gasteiger partial charge in [0.2, 0.25) is 0 Å². The zero-order chi connectivity index (χ0) is 12.4. The Morgan fingerprint density at radius 2 is 2.06 bits per heavy atom. The van der Waals surface area contributed by atoms with Crippen molar-refractivity contribution in [2.45, 2.75) is 6.92 Å². The van der Waals surface area contributed by atoms with Crippen LogP contribution >= 0.6 is 11.6 Å². The van der Waals surface area contributed by atoms with Crippen LogP contribution in [0.5, 0.6) is 17.2 Å². The molecule has 0 unspecified atom stereocenters. The van der Waals surface area contributed by atoms with E-state index in [9.17, 15) is 5.11 Å². The normalized spacial score (nSPS) is 10.5. The molecule has 0 saturated heterocycles. The number of phenolic OH excluding ortho intramolecular Hbond substituents is 1. The number of benzene rings is 2. The molecule has 0 aromatic heterocycles. The highest BCUT2D eigenvalue weighted by Crippen LogP contribution is 2.43. The molecule has 4 heteroatoms. The monoisotopic (exact) mass is 252 g/mol. The topological polar surface area (TPSA) is 38.7 Å². The minimum Gasteiger partial charge on any atom is -0.504 e. The SMILES string of the molecule is CCOc1cc(Cl)c2cccc(OC)c2c1O. The molecule has 3 nitrogen and oxygen atoms in total. The lowest BCUT2D eigenvalue weighted by atomic mass is 10.1. The van der Waals surface area contributed by atoms with Crippen LogP contribution in [0.2, 0.25) is 5.02 Å². The summed E-state index contributed by atoms with van der Waals surface area (Å²) in [6.07, 6.45) is 0. The Kier molecular flexibility index (Phi) is 3.29. The fraction of sp³-hybridized carbons (Fsp3) is 0.231. The average Bonchev–Trinajstić information content (AvgIpc) is 2.35. The largest absolute Gasteiger partial charge is 0.504 e. The molecule has 0 atom stereocenters. The van der Waals surface area contributed by atoms with Crippen LogP contribution < -0.4 is 9.47 Å². The highest BCUT2D eigenvalue weighted by molar-refractivity contribution is 6.36. The van der Waals surface area contributed by atoms with Gasteiger partial charge in [-0.15, -0.1) is 0 Å². The molecular weight excluding hydrogens is 240 g/mol. The van der Waals surface area contributed by atoms with Gasteiger partial charge in [-0.2, -0.15) is 0 Å². The fourth-order valence-electron chi connectivity index (χ4n) is 1.79. The van der Waals surface area contributed by atoms with Crippen LogP contribution in [0.25, 0.3) is 10.8 Å². The van der Waals surface area contributed by atoms with Gasteiger partial charge in [0.1, 0.15) is 5.75 Å². The maximum Gasteiger partial charge on any atom is 0.169 e. The first kappa shape index (κ1) is 11.9. The van der Waals surface area contributed by atoms with Crippen LogP contribution in [0.15, 0.2) is 24.3 Å². The molecule has 0 aliphatic heterocycles. The molecule has 1 N–H and O–H groups in total. The lowest BCUT2D eigenvalue weighted by molar-refractivity contribution is 0.319. The van der Waals surface area contributed by atoms with E-state index >= 15 is 0 Å². The predicted octanol–water partition coefficient (Wildman–Crippen LogP) is 3.61. The number of halogens is 1. The van der Waals surface area contributed by atoms with Crippen molar-refractivity contribution in [3.63, 3.8) is 0 Å². The van der Waals surface area contributed by atoms with Gasteiger partial charge in [0, 0.05) is 11.5 Å². The van der Waals surface area contributed by atoms with E-state index in [0.717, 1.165) is 5.39 Å². The molecule has 0 aliphatic rings. The van der Waals surface area contributed by atoms with Crippen LogP contribution in [0.1, 0.15) is 6.92 Å². The lowest BCUT2D eigenvalue weighted by Crippen LogP contribution is -1.93. The van der Waals surface area contributed by atoms with E-state index in [-0.39, 0.29) is 5.75 Å². The van der Waals surface area contributed by atoms with E-state index in [2.05, 4.69) is 0 Å². The Bertz CT molecular complexity index is 552. The first-order valence-corrected chi connectivity index (χ1v) is 5.67. The molecule has 0 radical (unpaired) electrons. The molecule has 0 spiro atoms. The molecule has 2 aromatic carbocycles. The average molecular weight is 253 g/mol. The minimum absolute atomic E-state index is 0.0590. The van der Waals surface area contributed by atoms with E-state index in [1.807, 2.05) is 19.1 Å². The van der Waals surface area contributed by atoms with Crippen molar-refractivity contribution >= 4 is 22.4 Å². The minimum atomic E-state index is 0.0590. The smallest absolute Gasteiger partial charge is 0.169 e. The summed E-state index contributed by atoms with van der Waals surface area (Å²) in [5, 5.41) is 12.0. The zero-order valence-corrected chi connectivity index (χ0v) is 10.4. The van der Waals surface area contributed by atoms with Crippen LogP contribution in [0.3, 0.4) is 0 Å². The Morgan fingerprint density at radius 1 is 1.29 bits per heavy atom. The van der Waals surface area contributed by atoms with Crippen LogP contribution in [0.4, 0.5) is 0 Å².